The molecule has 0 bridgehead atoms. The summed E-state index contributed by atoms with van der Waals surface area (Å²) in [6.45, 7) is 0. The number of ether oxygens (including phenoxy) is 1. The average Bonchev–Trinajstić information content (AvgIpc) is 2.48. The molecule has 22 heavy (non-hydrogen) atoms. The Hall–Kier alpha value is -1.03. The lowest BCUT2D eigenvalue weighted by Crippen LogP contribution is -2.23. The Morgan fingerprint density at radius 2 is 1.86 bits per heavy atom. The summed E-state index contributed by atoms with van der Waals surface area (Å²) >= 11 is 4.36. The third kappa shape index (κ3) is 3.83. The van der Waals surface area contributed by atoms with Gasteiger partial charge in [0.05, 0.1) is 16.2 Å². The van der Waals surface area contributed by atoms with Crippen LogP contribution in [0.5, 0.6) is 11.5 Å². The van der Waals surface area contributed by atoms with Crippen molar-refractivity contribution in [1.82, 2.24) is 4.90 Å². The van der Waals surface area contributed by atoms with E-state index in [2.05, 4.69) is 45.2 Å². The Bertz CT molecular complexity index is 715. The van der Waals surface area contributed by atoms with Gasteiger partial charge in [0.15, 0.2) is 0 Å². The summed E-state index contributed by atoms with van der Waals surface area (Å²) < 4.78 is 7.19. The Kier molecular flexibility index (Phi) is 5.90. The summed E-state index contributed by atoms with van der Waals surface area (Å²) in [5.41, 5.74) is 1.43. The van der Waals surface area contributed by atoms with E-state index in [4.69, 9.17) is 9.73 Å². The predicted octanol–water partition coefficient (Wildman–Crippen LogP) is 4.25. The van der Waals surface area contributed by atoms with E-state index in [1.807, 2.05) is 55.4 Å². The number of para-hydroxylation sites is 2. The van der Waals surface area contributed by atoms with Gasteiger partial charge in [-0.1, -0.05) is 12.1 Å². The topological polar surface area (TPSA) is 45.1 Å². The highest BCUT2D eigenvalue weighted by molar-refractivity contribution is 14.1. The maximum absolute atomic E-state index is 10.4. The average molecular weight is 522 g/mol. The SMILES string of the molecule is COc1ccccc1N=C(c1cc(I)cc(I)c1O)N(C)C. The van der Waals surface area contributed by atoms with E-state index in [0.29, 0.717) is 17.1 Å². The zero-order chi connectivity index (χ0) is 16.3. The van der Waals surface area contributed by atoms with Crippen molar-refractivity contribution in [1.29, 1.82) is 0 Å². The molecule has 2 aromatic rings. The van der Waals surface area contributed by atoms with Crippen LogP contribution in [0.15, 0.2) is 41.4 Å². The van der Waals surface area contributed by atoms with Gasteiger partial charge in [0, 0.05) is 17.7 Å². The first kappa shape index (κ1) is 17.3. The normalized spacial score (nSPS) is 11.4. The van der Waals surface area contributed by atoms with Crippen molar-refractivity contribution in [2.75, 3.05) is 21.2 Å². The van der Waals surface area contributed by atoms with Gasteiger partial charge in [-0.15, -0.1) is 0 Å². The molecule has 0 aliphatic carbocycles. The molecule has 0 spiro atoms. The number of aliphatic imine (C=N–C) groups is 1. The van der Waals surface area contributed by atoms with Crippen LogP contribution in [-0.2, 0) is 0 Å². The molecule has 0 saturated heterocycles. The second-order valence-electron chi connectivity index (χ2n) is 4.79. The summed E-state index contributed by atoms with van der Waals surface area (Å²) in [5.74, 6) is 1.61. The minimum atomic E-state index is 0.239. The van der Waals surface area contributed by atoms with Crippen LogP contribution in [0, 0.1) is 7.14 Å². The van der Waals surface area contributed by atoms with E-state index in [1.54, 1.807) is 7.11 Å². The molecule has 116 valence electrons. The van der Waals surface area contributed by atoms with Gasteiger partial charge in [-0.25, -0.2) is 4.99 Å². The van der Waals surface area contributed by atoms with Crippen molar-refractivity contribution in [3.8, 4) is 11.5 Å². The van der Waals surface area contributed by atoms with Crippen molar-refractivity contribution in [3.05, 3.63) is 49.1 Å². The fraction of sp³-hybridized carbons (Fsp3) is 0.188. The van der Waals surface area contributed by atoms with Crippen LogP contribution in [0.3, 0.4) is 0 Å². The minimum absolute atomic E-state index is 0.239. The number of hydrogen-bond donors (Lipinski definition) is 1. The number of nitrogens with zero attached hydrogens (tertiary/aromatic N) is 2. The Labute approximate surface area is 157 Å². The number of methoxy groups -OCH3 is 1. The predicted molar refractivity (Wildman–Crippen MR) is 106 cm³/mol. The van der Waals surface area contributed by atoms with Crippen molar-refractivity contribution in [2.24, 2.45) is 4.99 Å². The van der Waals surface area contributed by atoms with Crippen molar-refractivity contribution >= 4 is 56.7 Å². The number of aromatic hydroxyl groups is 1. The highest BCUT2D eigenvalue weighted by atomic mass is 127. The fourth-order valence-corrected chi connectivity index (χ4v) is 3.82. The van der Waals surface area contributed by atoms with Crippen LogP contribution in [0.4, 0.5) is 5.69 Å². The van der Waals surface area contributed by atoms with Gasteiger partial charge in [-0.2, -0.15) is 0 Å². The quantitative estimate of drug-likeness (QED) is 0.373. The van der Waals surface area contributed by atoms with Crippen molar-refractivity contribution in [2.45, 2.75) is 0 Å². The van der Waals surface area contributed by atoms with Crippen molar-refractivity contribution < 1.29 is 9.84 Å². The summed E-state index contributed by atoms with van der Waals surface area (Å²) in [4.78, 5) is 6.58. The highest BCUT2D eigenvalue weighted by Gasteiger charge is 2.16. The lowest BCUT2D eigenvalue weighted by molar-refractivity contribution is 0.416. The molecule has 6 heteroatoms. The molecule has 0 aliphatic rings. The summed E-state index contributed by atoms with van der Waals surface area (Å²) in [5, 5.41) is 10.4. The van der Waals surface area contributed by atoms with Gasteiger partial charge >= 0.3 is 0 Å². The van der Waals surface area contributed by atoms with Gasteiger partial charge in [0.25, 0.3) is 0 Å². The number of phenols is 1. The Morgan fingerprint density at radius 3 is 2.50 bits per heavy atom. The lowest BCUT2D eigenvalue weighted by Gasteiger charge is -2.18. The number of rotatable bonds is 3. The van der Waals surface area contributed by atoms with Crippen LogP contribution >= 0.6 is 45.2 Å². The Morgan fingerprint density at radius 1 is 1.18 bits per heavy atom. The van der Waals surface area contributed by atoms with Gasteiger partial charge in [-0.3, -0.25) is 0 Å². The van der Waals surface area contributed by atoms with Crippen LogP contribution < -0.4 is 4.74 Å². The molecule has 0 saturated carbocycles. The van der Waals surface area contributed by atoms with E-state index in [9.17, 15) is 5.11 Å². The molecular weight excluding hydrogens is 506 g/mol. The van der Waals surface area contributed by atoms with E-state index < -0.39 is 0 Å². The molecule has 2 rings (SSSR count). The third-order valence-corrected chi connectivity index (χ3v) is 4.45. The number of phenolic OH excluding ortho intramolecular Hbond substituents is 1. The van der Waals surface area contributed by atoms with Crippen LogP contribution in [0.25, 0.3) is 0 Å². The second-order valence-corrected chi connectivity index (χ2v) is 7.19. The zero-order valence-corrected chi connectivity index (χ0v) is 16.8. The van der Waals surface area contributed by atoms with E-state index in [1.165, 1.54) is 0 Å². The fourth-order valence-electron chi connectivity index (χ4n) is 1.97. The van der Waals surface area contributed by atoms with Gasteiger partial charge in [0.2, 0.25) is 0 Å². The van der Waals surface area contributed by atoms with Crippen LogP contribution in [0.1, 0.15) is 5.56 Å². The summed E-state index contributed by atoms with van der Waals surface area (Å²) in [6.07, 6.45) is 0. The maximum atomic E-state index is 10.4. The number of amidine groups is 1. The summed E-state index contributed by atoms with van der Waals surface area (Å²) in [6, 6.07) is 11.4. The highest BCUT2D eigenvalue weighted by Crippen LogP contribution is 2.31. The standard InChI is InChI=1S/C16H16I2N2O2/c1-20(2)16(11-8-10(17)9-12(18)15(11)21)19-13-6-4-5-7-14(13)22-3/h4-9,21H,1-3H3. The van der Waals surface area contributed by atoms with Crippen molar-refractivity contribution in [3.63, 3.8) is 0 Å². The first-order valence-corrected chi connectivity index (χ1v) is 8.67. The van der Waals surface area contributed by atoms with E-state index in [0.717, 1.165) is 12.8 Å². The second kappa shape index (κ2) is 7.49. The molecule has 0 amide bonds. The molecule has 0 aromatic heterocycles. The molecule has 4 nitrogen and oxygen atoms in total. The van der Waals surface area contributed by atoms with Crippen LogP contribution in [-0.4, -0.2) is 37.0 Å². The zero-order valence-electron chi connectivity index (χ0n) is 12.5. The molecule has 2 aromatic carbocycles. The largest absolute Gasteiger partial charge is 0.506 e. The molecule has 0 atom stereocenters. The number of benzene rings is 2. The third-order valence-electron chi connectivity index (χ3n) is 3.00. The first-order chi connectivity index (χ1) is 10.4. The Balaban J connectivity index is 2.63. The molecule has 0 fully saturated rings. The lowest BCUT2D eigenvalue weighted by atomic mass is 10.1. The van der Waals surface area contributed by atoms with E-state index in [-0.39, 0.29) is 5.75 Å². The smallest absolute Gasteiger partial charge is 0.144 e. The molecular formula is C16H16I2N2O2. The van der Waals surface area contributed by atoms with Gasteiger partial charge in [0.1, 0.15) is 23.0 Å². The molecule has 1 N–H and O–H groups in total. The number of hydrogen-bond acceptors (Lipinski definition) is 3. The molecule has 0 radical (unpaired) electrons. The van der Waals surface area contributed by atoms with Crippen LogP contribution in [0.2, 0.25) is 0 Å². The summed E-state index contributed by atoms with van der Waals surface area (Å²) in [7, 11) is 5.43. The molecule has 0 aliphatic heterocycles. The minimum Gasteiger partial charge on any atom is -0.506 e. The maximum Gasteiger partial charge on any atom is 0.144 e. The van der Waals surface area contributed by atoms with Gasteiger partial charge in [-0.05, 0) is 69.4 Å². The monoisotopic (exact) mass is 522 g/mol. The van der Waals surface area contributed by atoms with E-state index >= 15 is 0 Å². The van der Waals surface area contributed by atoms with Gasteiger partial charge < -0.3 is 14.7 Å². The first-order valence-electron chi connectivity index (χ1n) is 6.51. The molecule has 0 unspecified atom stereocenters. The number of halogens is 2. The molecule has 0 heterocycles.